The summed E-state index contributed by atoms with van der Waals surface area (Å²) in [6.07, 6.45) is -4.43. The number of rotatable bonds is 5. The molecule has 0 bridgehead atoms. The van der Waals surface area contributed by atoms with Crippen molar-refractivity contribution in [2.75, 3.05) is 6.61 Å². The minimum Gasteiger partial charge on any atom is -0.394 e. The number of carbonyl (C=O) groups is 1. The van der Waals surface area contributed by atoms with Gasteiger partial charge in [-0.3, -0.25) is 0 Å². The quantitative estimate of drug-likeness (QED) is 0.247. The molecule has 0 rings (SSSR count). The van der Waals surface area contributed by atoms with Crippen LogP contribution < -0.4 is 5.73 Å². The minimum absolute atomic E-state index is 0. The van der Waals surface area contributed by atoms with Crippen molar-refractivity contribution in [1.29, 1.82) is 0 Å². The number of hydrogen-bond acceptors (Lipinski definition) is 6. The van der Waals surface area contributed by atoms with Gasteiger partial charge in [0.15, 0.2) is 0 Å². The van der Waals surface area contributed by atoms with Crippen molar-refractivity contribution in [3.05, 3.63) is 0 Å². The van der Waals surface area contributed by atoms with E-state index in [4.69, 9.17) is 26.2 Å². The van der Waals surface area contributed by atoms with Gasteiger partial charge in [-0.05, 0) is 0 Å². The van der Waals surface area contributed by atoms with Crippen LogP contribution in [0.1, 0.15) is 0 Å². The highest BCUT2D eigenvalue weighted by atomic mass is 35.5. The van der Waals surface area contributed by atoms with Crippen molar-refractivity contribution >= 4 is 18.7 Å². The Morgan fingerprint density at radius 1 is 1.23 bits per heavy atom. The summed E-state index contributed by atoms with van der Waals surface area (Å²) in [5.74, 6) is 0. The molecule has 6 N–H and O–H groups in total. The van der Waals surface area contributed by atoms with Gasteiger partial charge < -0.3 is 31.0 Å². The Morgan fingerprint density at radius 2 is 1.69 bits per heavy atom. The van der Waals surface area contributed by atoms with E-state index in [9.17, 15) is 4.79 Å². The van der Waals surface area contributed by atoms with Gasteiger partial charge in [-0.2, -0.15) is 0 Å². The number of halogens is 1. The molecule has 6 nitrogen and oxygen atoms in total. The highest BCUT2D eigenvalue weighted by Gasteiger charge is 2.28. The Bertz CT molecular complexity index is 147. The normalized spacial score (nSPS) is 19.5. The van der Waals surface area contributed by atoms with E-state index in [1.807, 2.05) is 0 Å². The predicted octanol–water partition coefficient (Wildman–Crippen LogP) is -2.99. The zero-order chi connectivity index (χ0) is 9.72. The summed E-state index contributed by atoms with van der Waals surface area (Å²) in [6.45, 7) is -0.705. The Morgan fingerprint density at radius 3 is 2.00 bits per heavy atom. The van der Waals surface area contributed by atoms with Gasteiger partial charge in [-0.15, -0.1) is 12.4 Å². The SMILES string of the molecule is Cl.[15NH2][C@@H](C=O)[C@@H](O)[C@@H](O)[C@H](O)CO. The zero-order valence-electron chi connectivity index (χ0n) is 6.78. The summed E-state index contributed by atoms with van der Waals surface area (Å²) in [5, 5.41) is 35.2. The van der Waals surface area contributed by atoms with E-state index in [1.54, 1.807) is 0 Å². The van der Waals surface area contributed by atoms with Crippen LogP contribution in [0.25, 0.3) is 0 Å². The van der Waals surface area contributed by atoms with Gasteiger partial charge in [-0.1, -0.05) is 0 Å². The van der Waals surface area contributed by atoms with E-state index in [2.05, 4.69) is 0 Å². The van der Waals surface area contributed by atoms with Crippen LogP contribution in [0.15, 0.2) is 0 Å². The van der Waals surface area contributed by atoms with E-state index in [0.29, 0.717) is 0 Å². The second kappa shape index (κ2) is 7.19. The third-order valence-corrected chi connectivity index (χ3v) is 1.48. The Hall–Kier alpha value is -0.240. The first-order chi connectivity index (χ1) is 5.54. The lowest BCUT2D eigenvalue weighted by atomic mass is 10.0. The Balaban J connectivity index is 0. The number of nitrogens with two attached hydrogens (primary N) is 1. The zero-order valence-corrected chi connectivity index (χ0v) is 7.59. The largest absolute Gasteiger partial charge is 0.394 e. The van der Waals surface area contributed by atoms with Crippen molar-refractivity contribution in [1.82, 2.24) is 0 Å². The van der Waals surface area contributed by atoms with Gasteiger partial charge in [0.05, 0.1) is 12.6 Å². The van der Waals surface area contributed by atoms with E-state index >= 15 is 0 Å². The lowest BCUT2D eigenvalue weighted by molar-refractivity contribution is -0.118. The van der Waals surface area contributed by atoms with Crippen LogP contribution >= 0.6 is 12.4 Å². The molecule has 80 valence electrons. The second-order valence-electron chi connectivity index (χ2n) is 2.44. The van der Waals surface area contributed by atoms with Crippen molar-refractivity contribution in [2.45, 2.75) is 24.4 Å². The van der Waals surface area contributed by atoms with Gasteiger partial charge >= 0.3 is 0 Å². The first kappa shape index (κ1) is 15.2. The van der Waals surface area contributed by atoms with Gasteiger partial charge in [0, 0.05) is 0 Å². The average molecular weight is 217 g/mol. The Kier molecular flexibility index (Phi) is 8.43. The molecule has 0 radical (unpaired) electrons. The second-order valence-corrected chi connectivity index (χ2v) is 2.44. The molecule has 0 aromatic heterocycles. The topological polar surface area (TPSA) is 124 Å². The summed E-state index contributed by atoms with van der Waals surface area (Å²) >= 11 is 0. The molecule has 7 heteroatoms. The van der Waals surface area contributed by atoms with Crippen LogP contribution in [0.2, 0.25) is 0 Å². The highest BCUT2D eigenvalue weighted by molar-refractivity contribution is 5.85. The van der Waals surface area contributed by atoms with Gasteiger partial charge in [0.25, 0.3) is 0 Å². The monoisotopic (exact) mass is 216 g/mol. The molecule has 0 aromatic rings. The summed E-state index contributed by atoms with van der Waals surface area (Å²) < 4.78 is 0. The molecule has 0 aromatic carbocycles. The fourth-order valence-corrected chi connectivity index (χ4v) is 0.644. The van der Waals surface area contributed by atoms with Crippen LogP contribution in [-0.2, 0) is 4.79 Å². The number of aliphatic hydroxyl groups excluding tert-OH is 4. The molecule has 0 unspecified atom stereocenters. The fourth-order valence-electron chi connectivity index (χ4n) is 0.644. The molecule has 0 saturated heterocycles. The molecule has 0 saturated carbocycles. The van der Waals surface area contributed by atoms with Crippen LogP contribution in [-0.4, -0.2) is 57.7 Å². The molecular weight excluding hydrogens is 203 g/mol. The summed E-state index contributed by atoms with van der Waals surface area (Å²) in [4.78, 5) is 10.0. The maximum atomic E-state index is 10.0. The van der Waals surface area contributed by atoms with Crippen LogP contribution in [0.5, 0.6) is 0 Å². The van der Waals surface area contributed by atoms with E-state index < -0.39 is 31.0 Å². The van der Waals surface area contributed by atoms with Crippen molar-refractivity contribution in [3.8, 4) is 0 Å². The maximum Gasteiger partial charge on any atom is 0.139 e. The van der Waals surface area contributed by atoms with E-state index in [1.165, 1.54) is 0 Å². The molecule has 0 fully saturated rings. The predicted molar refractivity (Wildman–Crippen MR) is 46.4 cm³/mol. The fraction of sp³-hybridized carbons (Fsp3) is 0.833. The van der Waals surface area contributed by atoms with Gasteiger partial charge in [-0.25, -0.2) is 0 Å². The lowest BCUT2D eigenvalue weighted by Gasteiger charge is -2.23. The van der Waals surface area contributed by atoms with Gasteiger partial charge in [0.1, 0.15) is 24.6 Å². The third-order valence-electron chi connectivity index (χ3n) is 1.48. The molecule has 4 atom stereocenters. The molecule has 0 heterocycles. The molecular formula is C6H14ClNO5. The highest BCUT2D eigenvalue weighted by Crippen LogP contribution is 2.01. The first-order valence-corrected chi connectivity index (χ1v) is 3.40. The van der Waals surface area contributed by atoms with Crippen LogP contribution in [0, 0.1) is 0 Å². The van der Waals surface area contributed by atoms with Crippen LogP contribution in [0.4, 0.5) is 0 Å². The smallest absolute Gasteiger partial charge is 0.139 e. The van der Waals surface area contributed by atoms with Gasteiger partial charge in [0.2, 0.25) is 0 Å². The maximum absolute atomic E-state index is 10.0. The van der Waals surface area contributed by atoms with Crippen molar-refractivity contribution in [2.24, 2.45) is 5.73 Å². The molecule has 0 aliphatic rings. The molecule has 13 heavy (non-hydrogen) atoms. The van der Waals surface area contributed by atoms with Crippen molar-refractivity contribution < 1.29 is 25.2 Å². The number of hydrogen-bond donors (Lipinski definition) is 5. The molecule has 0 aliphatic carbocycles. The molecule has 0 aliphatic heterocycles. The minimum atomic E-state index is -1.62. The van der Waals surface area contributed by atoms with E-state index in [-0.39, 0.29) is 18.7 Å². The van der Waals surface area contributed by atoms with Crippen LogP contribution in [0.3, 0.4) is 0 Å². The third kappa shape index (κ3) is 4.51. The first-order valence-electron chi connectivity index (χ1n) is 3.40. The van der Waals surface area contributed by atoms with Crippen molar-refractivity contribution in [3.63, 3.8) is 0 Å². The summed E-state index contributed by atoms with van der Waals surface area (Å²) in [6, 6.07) is -1.26. The van der Waals surface area contributed by atoms with E-state index in [0.717, 1.165) is 0 Å². The average Bonchev–Trinajstić information content (AvgIpc) is 2.12. The molecule has 0 spiro atoms. The summed E-state index contributed by atoms with van der Waals surface area (Å²) in [5.41, 5.74) is 5.04. The number of carbonyl (C=O) groups excluding carboxylic acids is 1. The summed E-state index contributed by atoms with van der Waals surface area (Å²) in [7, 11) is 0. The molecule has 0 amide bonds. The standard InChI is InChI=1S/C6H13NO5.ClH/c7-3(1-8)5(11)6(12)4(10)2-9;/h1,3-6,9-12H,2,7H2;1H/t3-,4+,5+,6-;/m0./s1/i7+1;. The lowest BCUT2D eigenvalue weighted by Crippen LogP contribution is -2.49. The number of aldehydes is 1. The Labute approximate surface area is 81.4 Å². The number of aliphatic hydroxyl groups is 4.